The molecule has 120 valence electrons. The van der Waals surface area contributed by atoms with Crippen LogP contribution in [0.15, 0.2) is 54.9 Å². The van der Waals surface area contributed by atoms with Crippen molar-refractivity contribution >= 4 is 0 Å². The number of hydrogen-bond acceptors (Lipinski definition) is 1. The van der Waals surface area contributed by atoms with Gasteiger partial charge in [0.2, 0.25) is 0 Å². The van der Waals surface area contributed by atoms with Crippen LogP contribution in [0.1, 0.15) is 49.2 Å². The second-order valence-corrected chi connectivity index (χ2v) is 6.89. The Morgan fingerprint density at radius 2 is 1.52 bits per heavy atom. The van der Waals surface area contributed by atoms with Gasteiger partial charge in [0, 0.05) is 29.3 Å². The molecule has 0 bridgehead atoms. The Hall–Kier alpha value is -2.42. The second kappa shape index (κ2) is 5.99. The zero-order valence-corrected chi connectivity index (χ0v) is 14.2. The van der Waals surface area contributed by atoms with Gasteiger partial charge in [-0.1, -0.05) is 32.9 Å². The highest BCUT2D eigenvalue weighted by Gasteiger charge is 2.24. The van der Waals surface area contributed by atoms with Gasteiger partial charge in [0.15, 0.2) is 0 Å². The topological polar surface area (TPSA) is 40.8 Å². The van der Waals surface area contributed by atoms with E-state index in [0.717, 1.165) is 17.1 Å². The molecule has 0 amide bonds. The first-order chi connectivity index (χ1) is 11.0. The summed E-state index contributed by atoms with van der Waals surface area (Å²) >= 11 is 0. The number of H-pyrrole nitrogens is 2. The minimum Gasteiger partial charge on any atom is -0.496 e. The van der Waals surface area contributed by atoms with E-state index >= 15 is 0 Å². The Kier molecular flexibility index (Phi) is 4.03. The van der Waals surface area contributed by atoms with Crippen molar-refractivity contribution in [2.75, 3.05) is 7.11 Å². The Labute approximate surface area is 137 Å². The Morgan fingerprint density at radius 1 is 0.913 bits per heavy atom. The molecule has 0 spiro atoms. The summed E-state index contributed by atoms with van der Waals surface area (Å²) in [6.07, 6.45) is 3.93. The van der Waals surface area contributed by atoms with Gasteiger partial charge < -0.3 is 14.7 Å². The molecule has 0 saturated heterocycles. The molecule has 2 aromatic heterocycles. The van der Waals surface area contributed by atoms with Crippen molar-refractivity contribution in [2.45, 2.75) is 32.1 Å². The number of methoxy groups -OCH3 is 1. The summed E-state index contributed by atoms with van der Waals surface area (Å²) < 4.78 is 5.66. The maximum atomic E-state index is 5.66. The molecule has 23 heavy (non-hydrogen) atoms. The molecule has 0 aliphatic rings. The minimum atomic E-state index is 0.0943. The lowest BCUT2D eigenvalue weighted by molar-refractivity contribution is 0.408. The van der Waals surface area contributed by atoms with Gasteiger partial charge in [0.1, 0.15) is 5.75 Å². The third-order valence-electron chi connectivity index (χ3n) is 4.27. The first-order valence-corrected chi connectivity index (χ1v) is 7.95. The van der Waals surface area contributed by atoms with Crippen molar-refractivity contribution in [3.63, 3.8) is 0 Å². The van der Waals surface area contributed by atoms with Crippen LogP contribution in [0.25, 0.3) is 0 Å². The largest absolute Gasteiger partial charge is 0.496 e. The average Bonchev–Trinajstić information content (AvgIpc) is 3.20. The summed E-state index contributed by atoms with van der Waals surface area (Å²) in [7, 11) is 1.73. The fraction of sp³-hybridized carbons (Fsp3) is 0.300. The standard InChI is InChI=1S/C20H24N2O/c1-20(2,3)14-9-10-18(23-4)15(13-14)19(16-7-5-11-21-16)17-8-6-12-22-17/h5-13,19,21-22H,1-4H3. The van der Waals surface area contributed by atoms with Crippen LogP contribution in [-0.4, -0.2) is 17.1 Å². The molecule has 3 nitrogen and oxygen atoms in total. The van der Waals surface area contributed by atoms with Crippen LogP contribution >= 0.6 is 0 Å². The van der Waals surface area contributed by atoms with Gasteiger partial charge in [-0.25, -0.2) is 0 Å². The van der Waals surface area contributed by atoms with Crippen LogP contribution in [-0.2, 0) is 5.41 Å². The number of benzene rings is 1. The van der Waals surface area contributed by atoms with Crippen molar-refractivity contribution in [2.24, 2.45) is 0 Å². The molecule has 0 aliphatic carbocycles. The van der Waals surface area contributed by atoms with E-state index in [2.05, 4.69) is 61.1 Å². The zero-order valence-electron chi connectivity index (χ0n) is 14.2. The minimum absolute atomic E-state index is 0.0943. The zero-order chi connectivity index (χ0) is 16.4. The summed E-state index contributed by atoms with van der Waals surface area (Å²) in [5.41, 5.74) is 4.87. The molecular formula is C20H24N2O. The number of aromatic nitrogens is 2. The van der Waals surface area contributed by atoms with Crippen LogP contribution in [0.3, 0.4) is 0 Å². The predicted molar refractivity (Wildman–Crippen MR) is 94.2 cm³/mol. The van der Waals surface area contributed by atoms with Gasteiger partial charge >= 0.3 is 0 Å². The molecular weight excluding hydrogens is 284 g/mol. The van der Waals surface area contributed by atoms with E-state index in [1.807, 2.05) is 24.5 Å². The molecule has 3 aromatic rings. The molecule has 0 aliphatic heterocycles. The molecule has 0 radical (unpaired) electrons. The van der Waals surface area contributed by atoms with Crippen LogP contribution in [0, 0.1) is 0 Å². The van der Waals surface area contributed by atoms with Crippen LogP contribution < -0.4 is 4.74 Å². The summed E-state index contributed by atoms with van der Waals surface area (Å²) in [6.45, 7) is 6.70. The van der Waals surface area contributed by atoms with E-state index in [0.29, 0.717) is 0 Å². The molecule has 3 heteroatoms. The summed E-state index contributed by atoms with van der Waals surface area (Å²) in [5, 5.41) is 0. The highest BCUT2D eigenvalue weighted by Crippen LogP contribution is 2.38. The third kappa shape index (κ3) is 3.04. The van der Waals surface area contributed by atoms with Crippen molar-refractivity contribution < 1.29 is 4.74 Å². The summed E-state index contributed by atoms with van der Waals surface area (Å²) in [6, 6.07) is 14.8. The molecule has 3 rings (SSSR count). The Morgan fingerprint density at radius 3 is 1.96 bits per heavy atom. The van der Waals surface area contributed by atoms with Gasteiger partial charge in [-0.15, -0.1) is 0 Å². The van der Waals surface area contributed by atoms with Gasteiger partial charge in [0.05, 0.1) is 13.0 Å². The summed E-state index contributed by atoms with van der Waals surface area (Å²) in [5.74, 6) is 1.00. The lowest BCUT2D eigenvalue weighted by Crippen LogP contribution is -2.13. The van der Waals surface area contributed by atoms with Crippen molar-refractivity contribution in [1.29, 1.82) is 0 Å². The van der Waals surface area contributed by atoms with Crippen LogP contribution in [0.5, 0.6) is 5.75 Å². The van der Waals surface area contributed by atoms with Crippen molar-refractivity contribution in [1.82, 2.24) is 9.97 Å². The maximum Gasteiger partial charge on any atom is 0.123 e. The molecule has 2 N–H and O–H groups in total. The van der Waals surface area contributed by atoms with E-state index in [9.17, 15) is 0 Å². The van der Waals surface area contributed by atoms with E-state index in [4.69, 9.17) is 4.74 Å². The first kappa shape index (κ1) is 15.5. The Bertz CT molecular complexity index is 715. The molecule has 2 heterocycles. The van der Waals surface area contributed by atoms with Crippen molar-refractivity contribution in [3.05, 3.63) is 77.4 Å². The third-order valence-corrected chi connectivity index (χ3v) is 4.27. The van der Waals surface area contributed by atoms with Gasteiger partial charge in [-0.2, -0.15) is 0 Å². The second-order valence-electron chi connectivity index (χ2n) is 6.89. The van der Waals surface area contributed by atoms with E-state index < -0.39 is 0 Å². The van der Waals surface area contributed by atoms with Gasteiger partial charge in [0.25, 0.3) is 0 Å². The number of hydrogen-bond donors (Lipinski definition) is 2. The highest BCUT2D eigenvalue weighted by atomic mass is 16.5. The predicted octanol–water partition coefficient (Wildman–Crippen LogP) is 4.83. The number of ether oxygens (including phenoxy) is 1. The van der Waals surface area contributed by atoms with E-state index in [-0.39, 0.29) is 11.3 Å². The lowest BCUT2D eigenvalue weighted by atomic mass is 9.83. The molecule has 0 unspecified atom stereocenters. The molecule has 0 fully saturated rings. The van der Waals surface area contributed by atoms with Crippen molar-refractivity contribution in [3.8, 4) is 5.75 Å². The average molecular weight is 308 g/mol. The summed E-state index contributed by atoms with van der Waals surface area (Å²) in [4.78, 5) is 6.72. The fourth-order valence-electron chi connectivity index (χ4n) is 2.98. The van der Waals surface area contributed by atoms with E-state index in [1.165, 1.54) is 11.1 Å². The normalized spacial score (nSPS) is 11.9. The van der Waals surface area contributed by atoms with Gasteiger partial charge in [-0.05, 0) is 41.3 Å². The molecule has 0 saturated carbocycles. The van der Waals surface area contributed by atoms with Crippen LogP contribution in [0.2, 0.25) is 0 Å². The fourth-order valence-corrected chi connectivity index (χ4v) is 2.98. The quantitative estimate of drug-likeness (QED) is 0.712. The monoisotopic (exact) mass is 308 g/mol. The lowest BCUT2D eigenvalue weighted by Gasteiger charge is -2.24. The number of aromatic amines is 2. The Balaban J connectivity index is 2.19. The van der Waals surface area contributed by atoms with E-state index in [1.54, 1.807) is 7.11 Å². The molecule has 0 atom stereocenters. The SMILES string of the molecule is COc1ccc(C(C)(C)C)cc1C(c1ccc[nH]1)c1ccc[nH]1. The smallest absolute Gasteiger partial charge is 0.123 e. The number of nitrogens with one attached hydrogen (secondary N) is 2. The van der Waals surface area contributed by atoms with Gasteiger partial charge in [-0.3, -0.25) is 0 Å². The number of rotatable bonds is 4. The highest BCUT2D eigenvalue weighted by molar-refractivity contribution is 5.48. The maximum absolute atomic E-state index is 5.66. The molecule has 1 aromatic carbocycles. The first-order valence-electron chi connectivity index (χ1n) is 7.95. The van der Waals surface area contributed by atoms with Crippen LogP contribution in [0.4, 0.5) is 0 Å².